The Balaban J connectivity index is 1.64. The van der Waals surface area contributed by atoms with E-state index in [1.54, 1.807) is 12.4 Å². The van der Waals surface area contributed by atoms with Crippen LogP contribution in [0.5, 0.6) is 5.75 Å². The number of rotatable bonds is 4. The Bertz CT molecular complexity index is 666. The van der Waals surface area contributed by atoms with E-state index in [9.17, 15) is 4.79 Å². The molecule has 0 bridgehead atoms. The van der Waals surface area contributed by atoms with Crippen LogP contribution < -0.4 is 4.74 Å². The molecule has 1 aliphatic rings. The number of hydrogen-bond acceptors (Lipinski definition) is 6. The molecule has 23 heavy (non-hydrogen) atoms. The molecule has 0 aromatic carbocycles. The van der Waals surface area contributed by atoms with Crippen LogP contribution >= 0.6 is 11.3 Å². The minimum Gasteiger partial charge on any atom is -0.485 e. The molecule has 3 rings (SSSR count). The van der Waals surface area contributed by atoms with Gasteiger partial charge in [-0.2, -0.15) is 0 Å². The lowest BCUT2D eigenvalue weighted by molar-refractivity contribution is 0.0668. The Morgan fingerprint density at radius 1 is 1.35 bits per heavy atom. The number of pyridine rings is 1. The van der Waals surface area contributed by atoms with E-state index >= 15 is 0 Å². The lowest BCUT2D eigenvalue weighted by Crippen LogP contribution is -2.47. The second-order valence-corrected chi connectivity index (χ2v) is 6.68. The van der Waals surface area contributed by atoms with E-state index < -0.39 is 0 Å². The number of nitrogens with zero attached hydrogens (tertiary/aromatic N) is 4. The van der Waals surface area contributed by atoms with Crippen molar-refractivity contribution < 1.29 is 9.53 Å². The van der Waals surface area contributed by atoms with Gasteiger partial charge in [0.25, 0.3) is 5.91 Å². The van der Waals surface area contributed by atoms with Crippen molar-refractivity contribution in [2.24, 2.45) is 0 Å². The zero-order valence-corrected chi connectivity index (χ0v) is 14.2. The molecule has 1 amide bonds. The highest BCUT2D eigenvalue weighted by Gasteiger charge is 2.24. The van der Waals surface area contributed by atoms with Crippen molar-refractivity contribution in [3.8, 4) is 5.75 Å². The molecule has 0 spiro atoms. The van der Waals surface area contributed by atoms with Crippen molar-refractivity contribution in [3.05, 3.63) is 40.1 Å². The van der Waals surface area contributed by atoms with Crippen LogP contribution in [0.3, 0.4) is 0 Å². The van der Waals surface area contributed by atoms with Crippen LogP contribution in [0.1, 0.15) is 20.4 Å². The lowest BCUT2D eigenvalue weighted by Gasteiger charge is -2.32. The molecule has 7 heteroatoms. The summed E-state index contributed by atoms with van der Waals surface area (Å²) in [6.45, 7) is 5.62. The minimum absolute atomic E-state index is 0.0840. The van der Waals surface area contributed by atoms with Crippen LogP contribution in [0.15, 0.2) is 24.5 Å². The molecule has 0 radical (unpaired) electrons. The zero-order valence-electron chi connectivity index (χ0n) is 13.4. The molecule has 0 unspecified atom stereocenters. The molecule has 1 aliphatic heterocycles. The molecule has 3 heterocycles. The van der Waals surface area contributed by atoms with E-state index in [1.807, 2.05) is 24.0 Å². The number of amides is 1. The molecule has 2 aromatic rings. The number of aromatic nitrogens is 2. The smallest absolute Gasteiger partial charge is 0.265 e. The third-order valence-corrected chi connectivity index (χ3v) is 4.94. The molecule has 122 valence electrons. The minimum atomic E-state index is 0.0840. The maximum Gasteiger partial charge on any atom is 0.265 e. The van der Waals surface area contributed by atoms with Crippen molar-refractivity contribution in [1.82, 2.24) is 19.8 Å². The van der Waals surface area contributed by atoms with E-state index in [-0.39, 0.29) is 5.91 Å². The van der Waals surface area contributed by atoms with Crippen molar-refractivity contribution in [3.63, 3.8) is 0 Å². The molecular weight excluding hydrogens is 312 g/mol. The maximum atomic E-state index is 12.6. The number of likely N-dealkylation sites (N-methyl/N-ethyl adjacent to an activating group) is 1. The number of carbonyl (C=O) groups excluding carboxylic acids is 1. The van der Waals surface area contributed by atoms with Gasteiger partial charge < -0.3 is 14.5 Å². The number of piperazine rings is 1. The standard InChI is InChI=1S/C16H20N4O2S/c1-12-15(16(21)20-8-6-19(2)7-9-20)23-14(18-12)11-22-13-4-3-5-17-10-13/h3-5,10H,6-9,11H2,1-2H3. The fourth-order valence-corrected chi connectivity index (χ4v) is 3.39. The lowest BCUT2D eigenvalue weighted by atomic mass is 10.3. The first-order valence-corrected chi connectivity index (χ1v) is 8.42. The van der Waals surface area contributed by atoms with Gasteiger partial charge in [0.1, 0.15) is 22.2 Å². The first-order chi connectivity index (χ1) is 11.1. The first-order valence-electron chi connectivity index (χ1n) is 7.60. The Labute approximate surface area is 139 Å². The molecule has 0 atom stereocenters. The van der Waals surface area contributed by atoms with Gasteiger partial charge in [-0.25, -0.2) is 4.98 Å². The van der Waals surface area contributed by atoms with E-state index in [2.05, 4.69) is 21.9 Å². The van der Waals surface area contributed by atoms with E-state index in [0.29, 0.717) is 12.4 Å². The van der Waals surface area contributed by atoms with Crippen molar-refractivity contribution >= 4 is 17.2 Å². The van der Waals surface area contributed by atoms with Crippen LogP contribution in [0, 0.1) is 6.92 Å². The normalized spacial score (nSPS) is 15.7. The molecule has 1 fully saturated rings. The quantitative estimate of drug-likeness (QED) is 0.855. The van der Waals surface area contributed by atoms with Crippen molar-refractivity contribution in [1.29, 1.82) is 0 Å². The van der Waals surface area contributed by atoms with Crippen molar-refractivity contribution in [2.45, 2.75) is 13.5 Å². The SMILES string of the molecule is Cc1nc(COc2cccnc2)sc1C(=O)N1CCN(C)CC1. The molecule has 6 nitrogen and oxygen atoms in total. The van der Waals surface area contributed by atoms with Crippen LogP contribution in [0.4, 0.5) is 0 Å². The predicted molar refractivity (Wildman–Crippen MR) is 88.8 cm³/mol. The highest BCUT2D eigenvalue weighted by atomic mass is 32.1. The van der Waals surface area contributed by atoms with Crippen LogP contribution in [0.2, 0.25) is 0 Å². The summed E-state index contributed by atoms with van der Waals surface area (Å²) in [4.78, 5) is 26.0. The Morgan fingerprint density at radius 3 is 2.83 bits per heavy atom. The van der Waals surface area contributed by atoms with Gasteiger partial charge in [-0.05, 0) is 26.1 Å². The summed E-state index contributed by atoms with van der Waals surface area (Å²) >= 11 is 1.42. The Hall–Kier alpha value is -1.99. The summed E-state index contributed by atoms with van der Waals surface area (Å²) in [5, 5.41) is 0.809. The summed E-state index contributed by atoms with van der Waals surface area (Å²) < 4.78 is 5.65. The summed E-state index contributed by atoms with van der Waals surface area (Å²) in [6, 6.07) is 3.68. The monoisotopic (exact) mass is 332 g/mol. The van der Waals surface area contributed by atoms with Gasteiger partial charge in [0, 0.05) is 32.4 Å². The molecule has 0 saturated carbocycles. The van der Waals surface area contributed by atoms with Gasteiger partial charge in [-0.15, -0.1) is 11.3 Å². The largest absolute Gasteiger partial charge is 0.485 e. The number of carbonyl (C=O) groups is 1. The summed E-state index contributed by atoms with van der Waals surface area (Å²) in [6.07, 6.45) is 3.37. The van der Waals surface area contributed by atoms with Crippen molar-refractivity contribution in [2.75, 3.05) is 33.2 Å². The number of aryl methyl sites for hydroxylation is 1. The van der Waals surface area contributed by atoms with E-state index in [1.165, 1.54) is 11.3 Å². The van der Waals surface area contributed by atoms with Gasteiger partial charge in [-0.1, -0.05) is 0 Å². The average molecular weight is 332 g/mol. The fourth-order valence-electron chi connectivity index (χ4n) is 2.44. The highest BCUT2D eigenvalue weighted by Crippen LogP contribution is 2.22. The van der Waals surface area contributed by atoms with Crippen LogP contribution in [0.25, 0.3) is 0 Å². The second-order valence-electron chi connectivity index (χ2n) is 5.60. The van der Waals surface area contributed by atoms with Gasteiger partial charge in [0.15, 0.2) is 0 Å². The van der Waals surface area contributed by atoms with Crippen LogP contribution in [-0.2, 0) is 6.61 Å². The van der Waals surface area contributed by atoms with Gasteiger partial charge in [0.2, 0.25) is 0 Å². The number of thiazole rings is 1. The number of hydrogen-bond donors (Lipinski definition) is 0. The molecule has 1 saturated heterocycles. The summed E-state index contributed by atoms with van der Waals surface area (Å²) in [7, 11) is 2.08. The highest BCUT2D eigenvalue weighted by molar-refractivity contribution is 7.13. The van der Waals surface area contributed by atoms with E-state index in [4.69, 9.17) is 4.74 Å². The fraction of sp³-hybridized carbons (Fsp3) is 0.438. The molecule has 0 aliphatic carbocycles. The van der Waals surface area contributed by atoms with Gasteiger partial charge in [0.05, 0.1) is 11.9 Å². The topological polar surface area (TPSA) is 58.6 Å². The van der Waals surface area contributed by atoms with Gasteiger partial charge >= 0.3 is 0 Å². The Kier molecular flexibility index (Phi) is 4.88. The van der Waals surface area contributed by atoms with Crippen LogP contribution in [-0.4, -0.2) is 58.9 Å². The summed E-state index contributed by atoms with van der Waals surface area (Å²) in [5.74, 6) is 0.785. The average Bonchev–Trinajstić information content (AvgIpc) is 2.95. The number of ether oxygens (including phenoxy) is 1. The molecule has 2 aromatic heterocycles. The summed E-state index contributed by atoms with van der Waals surface area (Å²) in [5.41, 5.74) is 0.781. The van der Waals surface area contributed by atoms with E-state index in [0.717, 1.165) is 41.8 Å². The molecular formula is C16H20N4O2S. The zero-order chi connectivity index (χ0) is 16.2. The maximum absolute atomic E-state index is 12.6. The first kappa shape index (κ1) is 15.9. The third kappa shape index (κ3) is 3.86. The predicted octanol–water partition coefficient (Wildman–Crippen LogP) is 1.81. The van der Waals surface area contributed by atoms with Gasteiger partial charge in [-0.3, -0.25) is 9.78 Å². The molecule has 0 N–H and O–H groups in total. The second kappa shape index (κ2) is 7.06. The third-order valence-electron chi connectivity index (χ3n) is 3.82. The Morgan fingerprint density at radius 2 is 2.13 bits per heavy atom.